The molecule has 1 atom stereocenters. The van der Waals surface area contributed by atoms with Gasteiger partial charge in [-0.3, -0.25) is 9.69 Å². The van der Waals surface area contributed by atoms with E-state index >= 15 is 0 Å². The van der Waals surface area contributed by atoms with E-state index in [0.717, 1.165) is 30.5 Å². The predicted octanol–water partition coefficient (Wildman–Crippen LogP) is 3.88. The Kier molecular flexibility index (Phi) is 7.06. The van der Waals surface area contributed by atoms with Crippen LogP contribution in [0.15, 0.2) is 30.6 Å². The zero-order valence-corrected chi connectivity index (χ0v) is 18.4. The normalized spacial score (nSPS) is 17.1. The number of piperidine rings is 1. The average molecular weight is 398 g/mol. The van der Waals surface area contributed by atoms with Gasteiger partial charge < -0.3 is 5.32 Å². The number of nitrogens with zero attached hydrogens (tertiary/aromatic N) is 4. The van der Waals surface area contributed by atoms with E-state index in [4.69, 9.17) is 0 Å². The molecule has 3 heterocycles. The lowest BCUT2D eigenvalue weighted by Gasteiger charge is -2.38. The third-order valence-corrected chi connectivity index (χ3v) is 5.99. The van der Waals surface area contributed by atoms with E-state index in [-0.39, 0.29) is 11.8 Å². The highest BCUT2D eigenvalue weighted by molar-refractivity contribution is 5.95. The molecule has 0 spiro atoms. The van der Waals surface area contributed by atoms with Gasteiger partial charge in [0, 0.05) is 18.8 Å². The first-order chi connectivity index (χ1) is 13.9. The number of amides is 1. The van der Waals surface area contributed by atoms with Crippen LogP contribution >= 0.6 is 0 Å². The molecule has 1 unspecified atom stereocenters. The summed E-state index contributed by atoms with van der Waals surface area (Å²) in [6, 6.07) is 6.08. The highest BCUT2D eigenvalue weighted by Gasteiger charge is 2.27. The lowest BCUT2D eigenvalue weighted by Crippen LogP contribution is -2.49. The van der Waals surface area contributed by atoms with E-state index in [1.54, 1.807) is 17.1 Å². The Labute approximate surface area is 174 Å². The summed E-state index contributed by atoms with van der Waals surface area (Å²) >= 11 is 0. The molecule has 1 N–H and O–H groups in total. The lowest BCUT2D eigenvalue weighted by atomic mass is 9.94. The van der Waals surface area contributed by atoms with Crippen molar-refractivity contribution in [1.29, 1.82) is 0 Å². The van der Waals surface area contributed by atoms with E-state index in [1.807, 2.05) is 18.2 Å². The molecule has 0 bridgehead atoms. The van der Waals surface area contributed by atoms with Crippen molar-refractivity contribution in [1.82, 2.24) is 25.0 Å². The molecule has 29 heavy (non-hydrogen) atoms. The van der Waals surface area contributed by atoms with Gasteiger partial charge in [0.1, 0.15) is 0 Å². The molecule has 2 aromatic heterocycles. The fraction of sp³-hybridized carbons (Fsp3) is 0.609. The average Bonchev–Trinajstić information content (AvgIpc) is 3.15. The van der Waals surface area contributed by atoms with Gasteiger partial charge in [-0.2, -0.15) is 5.10 Å². The van der Waals surface area contributed by atoms with Gasteiger partial charge in [-0.25, -0.2) is 9.67 Å². The van der Waals surface area contributed by atoms with Crippen LogP contribution in [0, 0.1) is 11.8 Å². The molecule has 0 saturated carbocycles. The molecule has 1 amide bonds. The van der Waals surface area contributed by atoms with Crippen LogP contribution in [0.1, 0.15) is 69.4 Å². The van der Waals surface area contributed by atoms with E-state index in [9.17, 15) is 4.79 Å². The van der Waals surface area contributed by atoms with Gasteiger partial charge in [-0.05, 0) is 55.8 Å². The molecular formula is C23H35N5O. The van der Waals surface area contributed by atoms with Crippen molar-refractivity contribution < 1.29 is 4.79 Å². The second-order valence-corrected chi connectivity index (χ2v) is 8.94. The van der Waals surface area contributed by atoms with Crippen molar-refractivity contribution in [3.63, 3.8) is 0 Å². The van der Waals surface area contributed by atoms with Crippen LogP contribution in [0.3, 0.4) is 0 Å². The molecule has 158 valence electrons. The van der Waals surface area contributed by atoms with E-state index in [1.165, 1.54) is 12.8 Å². The van der Waals surface area contributed by atoms with Gasteiger partial charge >= 0.3 is 0 Å². The predicted molar refractivity (Wildman–Crippen MR) is 116 cm³/mol. The quantitative estimate of drug-likeness (QED) is 0.770. The van der Waals surface area contributed by atoms with Crippen LogP contribution in [-0.4, -0.2) is 51.2 Å². The molecule has 1 aliphatic rings. The molecule has 0 aliphatic carbocycles. The van der Waals surface area contributed by atoms with Crippen LogP contribution in [0.4, 0.5) is 0 Å². The number of likely N-dealkylation sites (tertiary alicyclic amines) is 1. The van der Waals surface area contributed by atoms with E-state index < -0.39 is 0 Å². The zero-order valence-electron chi connectivity index (χ0n) is 18.4. The van der Waals surface area contributed by atoms with Gasteiger partial charge in [-0.1, -0.05) is 40.7 Å². The second-order valence-electron chi connectivity index (χ2n) is 8.94. The highest BCUT2D eigenvalue weighted by Crippen LogP contribution is 2.23. The SMILES string of the molecule is CC1CCN(C(CNC(=O)c2cnn(-c3ccccn3)c2C(C)C)C(C)C)CC1. The number of rotatable bonds is 7. The monoisotopic (exact) mass is 397 g/mol. The molecule has 1 fully saturated rings. The van der Waals surface area contributed by atoms with Crippen molar-refractivity contribution >= 4 is 5.91 Å². The largest absolute Gasteiger partial charge is 0.350 e. The van der Waals surface area contributed by atoms with Crippen molar-refractivity contribution in [3.05, 3.63) is 41.9 Å². The van der Waals surface area contributed by atoms with Gasteiger partial charge in [0.05, 0.1) is 17.5 Å². The zero-order chi connectivity index (χ0) is 21.0. The number of aromatic nitrogens is 3. The topological polar surface area (TPSA) is 63.1 Å². The van der Waals surface area contributed by atoms with E-state index in [0.29, 0.717) is 24.1 Å². The molecule has 1 saturated heterocycles. The number of nitrogens with one attached hydrogen (secondary N) is 1. The van der Waals surface area contributed by atoms with Crippen LogP contribution in [0.2, 0.25) is 0 Å². The molecule has 2 aromatic rings. The first-order valence-electron chi connectivity index (χ1n) is 10.9. The summed E-state index contributed by atoms with van der Waals surface area (Å²) in [5.41, 5.74) is 1.54. The first-order valence-corrected chi connectivity index (χ1v) is 10.9. The van der Waals surface area contributed by atoms with Crippen molar-refractivity contribution in [2.24, 2.45) is 11.8 Å². The highest BCUT2D eigenvalue weighted by atomic mass is 16.1. The number of carbonyl (C=O) groups excluding carboxylic acids is 1. The minimum atomic E-state index is -0.0492. The smallest absolute Gasteiger partial charge is 0.254 e. The third-order valence-electron chi connectivity index (χ3n) is 5.99. The van der Waals surface area contributed by atoms with Crippen molar-refractivity contribution in [2.45, 2.75) is 59.4 Å². The van der Waals surface area contributed by atoms with Gasteiger partial charge in [0.25, 0.3) is 5.91 Å². The van der Waals surface area contributed by atoms with Crippen molar-refractivity contribution in [2.75, 3.05) is 19.6 Å². The molecule has 0 aromatic carbocycles. The molecule has 3 rings (SSSR count). The minimum Gasteiger partial charge on any atom is -0.350 e. The van der Waals surface area contributed by atoms with Gasteiger partial charge in [0.15, 0.2) is 5.82 Å². The summed E-state index contributed by atoms with van der Waals surface area (Å²) in [6.07, 6.45) is 5.90. The molecule has 1 aliphatic heterocycles. The van der Waals surface area contributed by atoms with Crippen LogP contribution < -0.4 is 5.32 Å². The second kappa shape index (κ2) is 9.53. The van der Waals surface area contributed by atoms with Crippen LogP contribution in [-0.2, 0) is 0 Å². The summed E-state index contributed by atoms with van der Waals surface area (Å²) in [5, 5.41) is 7.67. The fourth-order valence-corrected chi connectivity index (χ4v) is 4.19. The minimum absolute atomic E-state index is 0.0492. The molecular weight excluding hydrogens is 362 g/mol. The summed E-state index contributed by atoms with van der Waals surface area (Å²) in [5.74, 6) is 2.14. The van der Waals surface area contributed by atoms with Gasteiger partial charge in [0.2, 0.25) is 0 Å². The molecule has 6 heteroatoms. The first kappa shape index (κ1) is 21.5. The Bertz CT molecular complexity index is 791. The summed E-state index contributed by atoms with van der Waals surface area (Å²) in [7, 11) is 0. The Hall–Kier alpha value is -2.21. The maximum absolute atomic E-state index is 13.1. The van der Waals surface area contributed by atoms with Crippen molar-refractivity contribution in [3.8, 4) is 5.82 Å². The summed E-state index contributed by atoms with van der Waals surface area (Å²) in [4.78, 5) is 20.0. The van der Waals surface area contributed by atoms with Gasteiger partial charge in [-0.15, -0.1) is 0 Å². The summed E-state index contributed by atoms with van der Waals surface area (Å²) < 4.78 is 1.78. The third kappa shape index (κ3) is 5.04. The number of carbonyl (C=O) groups is 1. The Morgan fingerprint density at radius 2 is 1.93 bits per heavy atom. The number of pyridine rings is 1. The number of hydrogen-bond acceptors (Lipinski definition) is 4. The molecule has 6 nitrogen and oxygen atoms in total. The number of hydrogen-bond donors (Lipinski definition) is 1. The van der Waals surface area contributed by atoms with Crippen LogP contribution in [0.25, 0.3) is 5.82 Å². The fourth-order valence-electron chi connectivity index (χ4n) is 4.19. The molecule has 0 radical (unpaired) electrons. The lowest BCUT2D eigenvalue weighted by molar-refractivity contribution is 0.0862. The maximum Gasteiger partial charge on any atom is 0.254 e. The summed E-state index contributed by atoms with van der Waals surface area (Å²) in [6.45, 7) is 13.9. The van der Waals surface area contributed by atoms with Crippen LogP contribution in [0.5, 0.6) is 0 Å². The Balaban J connectivity index is 1.74. The van der Waals surface area contributed by atoms with E-state index in [2.05, 4.69) is 54.9 Å². The Morgan fingerprint density at radius 3 is 2.52 bits per heavy atom. The Morgan fingerprint density at radius 1 is 1.21 bits per heavy atom. The maximum atomic E-state index is 13.1. The standard InChI is InChI=1S/C23H35N5O/c1-16(2)20(27-12-9-18(5)10-13-27)15-25-23(29)19-14-26-28(22(19)17(3)4)21-8-6-7-11-24-21/h6-8,11,14,16-18,20H,9-10,12-13,15H2,1-5H3,(H,25,29).